The van der Waals surface area contributed by atoms with Gasteiger partial charge in [-0.25, -0.2) is 13.8 Å². The molecule has 0 amide bonds. The van der Waals surface area contributed by atoms with Gasteiger partial charge in [0.1, 0.15) is 17.2 Å². The number of rotatable bonds is 2. The summed E-state index contributed by atoms with van der Waals surface area (Å²) in [4.78, 5) is 4.27. The van der Waals surface area contributed by atoms with Crippen molar-refractivity contribution >= 4 is 22.6 Å². The highest BCUT2D eigenvalue weighted by Crippen LogP contribution is 2.42. The van der Waals surface area contributed by atoms with E-state index in [0.717, 1.165) is 31.7 Å². The summed E-state index contributed by atoms with van der Waals surface area (Å²) in [5.74, 6) is -0.360. The van der Waals surface area contributed by atoms with Gasteiger partial charge in [-0.1, -0.05) is 13.8 Å². The molecule has 0 atom stereocenters. The average molecular weight is 313 g/mol. The Kier molecular flexibility index (Phi) is 3.68. The summed E-state index contributed by atoms with van der Waals surface area (Å²) in [6, 6.07) is 2.46. The third-order valence-electron chi connectivity index (χ3n) is 4.58. The van der Waals surface area contributed by atoms with Gasteiger partial charge in [-0.05, 0) is 37.2 Å². The van der Waals surface area contributed by atoms with Crippen molar-refractivity contribution in [2.24, 2.45) is 5.41 Å². The highest BCUT2D eigenvalue weighted by Gasteiger charge is 2.30. The summed E-state index contributed by atoms with van der Waals surface area (Å²) in [5, 5.41) is 0. The van der Waals surface area contributed by atoms with Gasteiger partial charge < -0.3 is 4.57 Å². The van der Waals surface area contributed by atoms with Crippen LogP contribution in [0.4, 0.5) is 8.78 Å². The smallest absolute Gasteiger partial charge is 0.153 e. The molecule has 1 fully saturated rings. The lowest BCUT2D eigenvalue weighted by molar-refractivity contribution is 0.194. The number of benzene rings is 1. The van der Waals surface area contributed by atoms with Crippen LogP contribution in [-0.2, 0) is 5.88 Å². The number of aromatic nitrogens is 2. The van der Waals surface area contributed by atoms with Crippen molar-refractivity contribution in [2.75, 3.05) is 0 Å². The molecule has 2 aromatic rings. The minimum Gasteiger partial charge on any atom is -0.324 e. The zero-order valence-electron chi connectivity index (χ0n) is 12.3. The van der Waals surface area contributed by atoms with E-state index in [0.29, 0.717) is 16.8 Å². The molecular weight excluding hydrogens is 294 g/mol. The molecule has 1 aliphatic rings. The van der Waals surface area contributed by atoms with Gasteiger partial charge in [0.05, 0.1) is 11.4 Å². The topological polar surface area (TPSA) is 17.8 Å². The van der Waals surface area contributed by atoms with Crippen molar-refractivity contribution < 1.29 is 8.78 Å². The van der Waals surface area contributed by atoms with E-state index in [1.54, 1.807) is 0 Å². The highest BCUT2D eigenvalue weighted by atomic mass is 35.5. The third kappa shape index (κ3) is 2.66. The molecule has 1 aromatic heterocycles. The molecule has 21 heavy (non-hydrogen) atoms. The normalized spacial score (nSPS) is 19.3. The molecule has 0 bridgehead atoms. The van der Waals surface area contributed by atoms with Crippen LogP contribution in [0.1, 0.15) is 51.4 Å². The van der Waals surface area contributed by atoms with Crippen molar-refractivity contribution in [1.82, 2.24) is 9.55 Å². The number of alkyl halides is 1. The van der Waals surface area contributed by atoms with Gasteiger partial charge in [0.25, 0.3) is 0 Å². The molecule has 1 aromatic carbocycles. The molecule has 1 saturated carbocycles. The van der Waals surface area contributed by atoms with Crippen LogP contribution in [-0.4, -0.2) is 9.55 Å². The predicted molar refractivity (Wildman–Crippen MR) is 80.5 cm³/mol. The lowest BCUT2D eigenvalue weighted by Crippen LogP contribution is -2.24. The Bertz CT molecular complexity index is 668. The Hall–Kier alpha value is -1.16. The third-order valence-corrected chi connectivity index (χ3v) is 4.82. The summed E-state index contributed by atoms with van der Waals surface area (Å²) in [6.07, 6.45) is 4.16. The Morgan fingerprint density at radius 3 is 2.57 bits per heavy atom. The van der Waals surface area contributed by atoms with Gasteiger partial charge >= 0.3 is 0 Å². The second-order valence-corrected chi connectivity index (χ2v) is 6.95. The lowest BCUT2D eigenvalue weighted by Gasteiger charge is -2.35. The summed E-state index contributed by atoms with van der Waals surface area (Å²) in [7, 11) is 0. The van der Waals surface area contributed by atoms with E-state index in [2.05, 4.69) is 18.8 Å². The maximum Gasteiger partial charge on any atom is 0.153 e. The monoisotopic (exact) mass is 312 g/mol. The van der Waals surface area contributed by atoms with Gasteiger partial charge in [0.2, 0.25) is 0 Å². The van der Waals surface area contributed by atoms with Gasteiger partial charge in [-0.15, -0.1) is 11.6 Å². The fourth-order valence-electron chi connectivity index (χ4n) is 3.31. The summed E-state index contributed by atoms with van der Waals surface area (Å²) in [5.41, 5.74) is 1.08. The van der Waals surface area contributed by atoms with Crippen LogP contribution >= 0.6 is 11.6 Å². The van der Waals surface area contributed by atoms with E-state index in [-0.39, 0.29) is 17.4 Å². The summed E-state index contributed by atoms with van der Waals surface area (Å²) < 4.78 is 29.4. The van der Waals surface area contributed by atoms with E-state index in [4.69, 9.17) is 11.6 Å². The lowest BCUT2D eigenvalue weighted by atomic mass is 9.75. The van der Waals surface area contributed by atoms with Gasteiger partial charge in [-0.2, -0.15) is 0 Å². The number of hydrogen-bond donors (Lipinski definition) is 0. The van der Waals surface area contributed by atoms with E-state index >= 15 is 0 Å². The number of hydrogen-bond acceptors (Lipinski definition) is 1. The van der Waals surface area contributed by atoms with Crippen LogP contribution in [0.25, 0.3) is 11.0 Å². The second kappa shape index (κ2) is 5.24. The van der Waals surface area contributed by atoms with E-state index in [1.807, 2.05) is 4.57 Å². The fraction of sp³-hybridized carbons (Fsp3) is 0.562. The molecule has 0 radical (unpaired) electrons. The Balaban J connectivity index is 2.09. The minimum absolute atomic E-state index is 0.204. The summed E-state index contributed by atoms with van der Waals surface area (Å²) in [6.45, 7) is 4.52. The zero-order chi connectivity index (χ0) is 15.2. The quantitative estimate of drug-likeness (QED) is 0.697. The zero-order valence-corrected chi connectivity index (χ0v) is 13.1. The molecule has 1 aliphatic carbocycles. The second-order valence-electron chi connectivity index (χ2n) is 6.68. The van der Waals surface area contributed by atoms with Crippen molar-refractivity contribution in [1.29, 1.82) is 0 Å². The van der Waals surface area contributed by atoms with Gasteiger partial charge in [0, 0.05) is 12.1 Å². The SMILES string of the molecule is CC1(C)CCC(n2c(CCl)nc3c(F)cc(F)cc32)CC1. The van der Waals surface area contributed by atoms with E-state index in [9.17, 15) is 8.78 Å². The highest BCUT2D eigenvalue weighted by molar-refractivity contribution is 6.16. The first-order valence-corrected chi connectivity index (χ1v) is 7.86. The minimum atomic E-state index is -0.619. The van der Waals surface area contributed by atoms with Crippen LogP contribution in [0.2, 0.25) is 0 Å². The number of fused-ring (bicyclic) bond motifs is 1. The standard InChI is InChI=1S/C16H19ClF2N2/c1-16(2)5-3-11(4-6-16)21-13-8-10(18)7-12(19)15(13)20-14(21)9-17/h7-8,11H,3-6,9H2,1-2H3. The molecule has 0 aliphatic heterocycles. The molecule has 2 nitrogen and oxygen atoms in total. The van der Waals surface area contributed by atoms with E-state index < -0.39 is 11.6 Å². The van der Waals surface area contributed by atoms with Crippen LogP contribution in [0.3, 0.4) is 0 Å². The Labute approximate surface area is 128 Å². The fourth-order valence-corrected chi connectivity index (χ4v) is 3.50. The number of imidazole rings is 1. The number of halogens is 3. The first-order valence-electron chi connectivity index (χ1n) is 7.33. The molecular formula is C16H19ClF2N2. The van der Waals surface area contributed by atoms with Crippen LogP contribution in [0.15, 0.2) is 12.1 Å². The van der Waals surface area contributed by atoms with Crippen molar-refractivity contribution in [2.45, 2.75) is 51.5 Å². The Morgan fingerprint density at radius 1 is 1.29 bits per heavy atom. The molecule has 0 saturated heterocycles. The molecule has 0 N–H and O–H groups in total. The van der Waals surface area contributed by atoms with Crippen molar-refractivity contribution in [3.05, 3.63) is 29.6 Å². The van der Waals surface area contributed by atoms with Crippen molar-refractivity contribution in [3.8, 4) is 0 Å². The Morgan fingerprint density at radius 2 is 1.95 bits per heavy atom. The van der Waals surface area contributed by atoms with Gasteiger partial charge in [0.15, 0.2) is 5.82 Å². The van der Waals surface area contributed by atoms with Crippen LogP contribution in [0, 0.1) is 17.0 Å². The molecule has 3 rings (SSSR count). The summed E-state index contributed by atoms with van der Waals surface area (Å²) >= 11 is 5.97. The molecule has 0 unspecified atom stereocenters. The maximum absolute atomic E-state index is 13.9. The molecule has 114 valence electrons. The first-order chi connectivity index (χ1) is 9.91. The maximum atomic E-state index is 13.9. The molecule has 1 heterocycles. The predicted octanol–water partition coefficient (Wildman–Crippen LogP) is 5.19. The number of nitrogens with zero attached hydrogens (tertiary/aromatic N) is 2. The first kappa shape index (κ1) is 14.8. The molecule has 0 spiro atoms. The van der Waals surface area contributed by atoms with Crippen LogP contribution in [0.5, 0.6) is 0 Å². The largest absolute Gasteiger partial charge is 0.324 e. The van der Waals surface area contributed by atoms with E-state index in [1.165, 1.54) is 6.07 Å². The van der Waals surface area contributed by atoms with Gasteiger partial charge in [-0.3, -0.25) is 0 Å². The molecule has 5 heteroatoms. The van der Waals surface area contributed by atoms with Crippen LogP contribution < -0.4 is 0 Å². The van der Waals surface area contributed by atoms with Crippen molar-refractivity contribution in [3.63, 3.8) is 0 Å². The average Bonchev–Trinajstić information content (AvgIpc) is 2.78.